The van der Waals surface area contributed by atoms with E-state index in [1.54, 1.807) is 0 Å². The third-order valence-corrected chi connectivity index (χ3v) is 3.95. The number of hydrogen-bond acceptors (Lipinski definition) is 2. The topological polar surface area (TPSA) is 42.1 Å². The Morgan fingerprint density at radius 3 is 3.11 bits per heavy atom. The van der Waals surface area contributed by atoms with E-state index in [4.69, 9.17) is 4.74 Å². The van der Waals surface area contributed by atoms with Crippen molar-refractivity contribution in [1.82, 2.24) is 4.98 Å². The van der Waals surface area contributed by atoms with Gasteiger partial charge in [-0.15, -0.1) is 0 Å². The second-order valence-electron chi connectivity index (χ2n) is 5.16. The molecule has 3 nitrogen and oxygen atoms in total. The molecule has 3 heteroatoms. The van der Waals surface area contributed by atoms with Crippen LogP contribution in [-0.4, -0.2) is 17.6 Å². The van der Waals surface area contributed by atoms with E-state index in [-0.39, 0.29) is 11.9 Å². The van der Waals surface area contributed by atoms with Gasteiger partial charge in [-0.3, -0.25) is 4.79 Å². The van der Waals surface area contributed by atoms with Gasteiger partial charge < -0.3 is 9.72 Å². The first kappa shape index (κ1) is 12.3. The Morgan fingerprint density at radius 2 is 2.26 bits per heavy atom. The molecule has 0 saturated carbocycles. The van der Waals surface area contributed by atoms with Crippen LogP contribution in [0.5, 0.6) is 0 Å². The number of rotatable bonds is 3. The number of hydrogen-bond donors (Lipinski definition) is 1. The highest BCUT2D eigenvalue weighted by atomic mass is 16.5. The van der Waals surface area contributed by atoms with Gasteiger partial charge in [-0.2, -0.15) is 0 Å². The lowest BCUT2D eigenvalue weighted by Gasteiger charge is -2.21. The highest BCUT2D eigenvalue weighted by Gasteiger charge is 2.26. The number of aromatic amines is 1. The highest BCUT2D eigenvalue weighted by molar-refractivity contribution is 5.85. The van der Waals surface area contributed by atoms with Gasteiger partial charge >= 0.3 is 5.97 Å². The zero-order chi connectivity index (χ0) is 13.2. The first-order chi connectivity index (χ1) is 9.29. The molecule has 0 bridgehead atoms. The highest BCUT2D eigenvalue weighted by Crippen LogP contribution is 2.37. The van der Waals surface area contributed by atoms with Crippen molar-refractivity contribution in [2.45, 2.75) is 38.5 Å². The summed E-state index contributed by atoms with van der Waals surface area (Å²) in [6, 6.07) is 8.39. The van der Waals surface area contributed by atoms with E-state index in [0.717, 1.165) is 19.3 Å². The van der Waals surface area contributed by atoms with Gasteiger partial charge in [0.05, 0.1) is 13.0 Å². The number of H-pyrrole nitrogens is 1. The molecule has 0 radical (unpaired) electrons. The van der Waals surface area contributed by atoms with Crippen LogP contribution in [0.1, 0.15) is 43.4 Å². The summed E-state index contributed by atoms with van der Waals surface area (Å²) < 4.78 is 5.08. The molecule has 1 atom stereocenters. The van der Waals surface area contributed by atoms with Crippen molar-refractivity contribution in [1.29, 1.82) is 0 Å². The summed E-state index contributed by atoms with van der Waals surface area (Å²) in [6.45, 7) is 2.32. The molecule has 100 valence electrons. The smallest absolute Gasteiger partial charge is 0.306 e. The molecule has 3 rings (SSSR count). The maximum atomic E-state index is 11.7. The molecule has 2 aromatic rings. The SMILES string of the molecule is CCOC(=O)C[C@H]1CCCc2c1[nH]c1ccccc21. The number of nitrogens with one attached hydrogen (secondary N) is 1. The number of benzene rings is 1. The molecule has 0 unspecified atom stereocenters. The van der Waals surface area contributed by atoms with E-state index >= 15 is 0 Å². The molecule has 0 fully saturated rings. The van der Waals surface area contributed by atoms with Gasteiger partial charge in [-0.25, -0.2) is 0 Å². The van der Waals surface area contributed by atoms with Crippen LogP contribution in [0.3, 0.4) is 0 Å². The number of esters is 1. The van der Waals surface area contributed by atoms with E-state index in [0.29, 0.717) is 13.0 Å². The standard InChI is InChI=1S/C16H19NO2/c1-2-19-15(18)10-11-6-5-8-13-12-7-3-4-9-14(12)17-16(11)13/h3-4,7,9,11,17H,2,5-6,8,10H2,1H3/t11-/m1/s1. The lowest BCUT2D eigenvalue weighted by Crippen LogP contribution is -2.15. The van der Waals surface area contributed by atoms with Crippen molar-refractivity contribution in [3.05, 3.63) is 35.5 Å². The van der Waals surface area contributed by atoms with Crippen LogP contribution >= 0.6 is 0 Å². The summed E-state index contributed by atoms with van der Waals surface area (Å²) in [5.74, 6) is 0.203. The first-order valence-corrected chi connectivity index (χ1v) is 7.04. The third kappa shape index (κ3) is 2.25. The van der Waals surface area contributed by atoms with Crippen molar-refractivity contribution < 1.29 is 9.53 Å². The molecule has 1 aliphatic rings. The fraction of sp³-hybridized carbons (Fsp3) is 0.438. The predicted molar refractivity (Wildman–Crippen MR) is 75.2 cm³/mol. The molecule has 1 aromatic carbocycles. The lowest BCUT2D eigenvalue weighted by atomic mass is 9.85. The van der Waals surface area contributed by atoms with Crippen LogP contribution in [0.15, 0.2) is 24.3 Å². The average molecular weight is 257 g/mol. The van der Waals surface area contributed by atoms with Gasteiger partial charge in [0, 0.05) is 22.5 Å². The monoisotopic (exact) mass is 257 g/mol. The normalized spacial score (nSPS) is 18.3. The van der Waals surface area contributed by atoms with Gasteiger partial charge in [-0.1, -0.05) is 18.2 Å². The van der Waals surface area contributed by atoms with E-state index < -0.39 is 0 Å². The molecule has 1 heterocycles. The molecule has 0 saturated heterocycles. The summed E-state index contributed by atoms with van der Waals surface area (Å²) >= 11 is 0. The number of para-hydroxylation sites is 1. The molecule has 1 aliphatic carbocycles. The number of ether oxygens (including phenoxy) is 1. The van der Waals surface area contributed by atoms with Gasteiger partial charge in [-0.05, 0) is 37.8 Å². The predicted octanol–water partition coefficient (Wildman–Crippen LogP) is 3.54. The number of carbonyl (C=O) groups is 1. The van der Waals surface area contributed by atoms with Gasteiger partial charge in [0.25, 0.3) is 0 Å². The fourth-order valence-corrected chi connectivity index (χ4v) is 3.13. The van der Waals surface area contributed by atoms with Gasteiger partial charge in [0.15, 0.2) is 0 Å². The lowest BCUT2D eigenvalue weighted by molar-refractivity contribution is -0.143. The molecular formula is C16H19NO2. The second-order valence-corrected chi connectivity index (χ2v) is 5.16. The summed E-state index contributed by atoms with van der Waals surface area (Å²) in [4.78, 5) is 15.2. The summed E-state index contributed by atoms with van der Waals surface area (Å²) in [5, 5.41) is 1.31. The Kier molecular flexibility index (Phi) is 3.28. The Labute approximate surface area is 113 Å². The first-order valence-electron chi connectivity index (χ1n) is 7.04. The van der Waals surface area contributed by atoms with Gasteiger partial charge in [0.1, 0.15) is 0 Å². The van der Waals surface area contributed by atoms with E-state index in [1.165, 1.54) is 22.2 Å². The minimum atomic E-state index is -0.0843. The van der Waals surface area contributed by atoms with Crippen molar-refractivity contribution in [3.63, 3.8) is 0 Å². The van der Waals surface area contributed by atoms with E-state index in [1.807, 2.05) is 13.0 Å². The van der Waals surface area contributed by atoms with Crippen molar-refractivity contribution >= 4 is 16.9 Å². The zero-order valence-electron chi connectivity index (χ0n) is 11.2. The van der Waals surface area contributed by atoms with Crippen LogP contribution in [0.25, 0.3) is 10.9 Å². The molecule has 19 heavy (non-hydrogen) atoms. The summed E-state index contributed by atoms with van der Waals surface area (Å²) in [5.41, 5.74) is 3.83. The Hall–Kier alpha value is -1.77. The quantitative estimate of drug-likeness (QED) is 0.854. The van der Waals surface area contributed by atoms with Crippen LogP contribution in [0.2, 0.25) is 0 Å². The maximum Gasteiger partial charge on any atom is 0.306 e. The summed E-state index contributed by atoms with van der Waals surface area (Å²) in [6.07, 6.45) is 3.82. The Morgan fingerprint density at radius 1 is 1.42 bits per heavy atom. The molecule has 1 N–H and O–H groups in total. The van der Waals surface area contributed by atoms with Crippen molar-refractivity contribution in [3.8, 4) is 0 Å². The van der Waals surface area contributed by atoms with E-state index in [9.17, 15) is 4.79 Å². The fourth-order valence-electron chi connectivity index (χ4n) is 3.13. The van der Waals surface area contributed by atoms with Crippen molar-refractivity contribution in [2.75, 3.05) is 6.61 Å². The Balaban J connectivity index is 1.93. The molecular weight excluding hydrogens is 238 g/mol. The van der Waals surface area contributed by atoms with Crippen LogP contribution in [0, 0.1) is 0 Å². The molecule has 1 aromatic heterocycles. The summed E-state index contributed by atoms with van der Waals surface area (Å²) in [7, 11) is 0. The number of aryl methyl sites for hydroxylation is 1. The van der Waals surface area contributed by atoms with Gasteiger partial charge in [0.2, 0.25) is 0 Å². The zero-order valence-corrected chi connectivity index (χ0v) is 11.2. The van der Waals surface area contributed by atoms with E-state index in [2.05, 4.69) is 23.2 Å². The average Bonchev–Trinajstić information content (AvgIpc) is 2.79. The second kappa shape index (κ2) is 5.08. The number of aromatic nitrogens is 1. The van der Waals surface area contributed by atoms with Crippen LogP contribution < -0.4 is 0 Å². The van der Waals surface area contributed by atoms with Crippen molar-refractivity contribution in [2.24, 2.45) is 0 Å². The minimum Gasteiger partial charge on any atom is -0.466 e. The molecule has 0 amide bonds. The number of fused-ring (bicyclic) bond motifs is 3. The number of carbonyl (C=O) groups excluding carboxylic acids is 1. The van der Waals surface area contributed by atoms with Crippen LogP contribution in [-0.2, 0) is 16.0 Å². The Bertz CT molecular complexity index is 600. The van der Waals surface area contributed by atoms with Crippen LogP contribution in [0.4, 0.5) is 0 Å². The minimum absolute atomic E-state index is 0.0843. The maximum absolute atomic E-state index is 11.7. The third-order valence-electron chi connectivity index (χ3n) is 3.95. The molecule has 0 spiro atoms. The largest absolute Gasteiger partial charge is 0.466 e. The molecule has 0 aliphatic heterocycles.